The maximum absolute atomic E-state index is 14.8. The monoisotopic (exact) mass is 925 g/mol. The van der Waals surface area contributed by atoms with Crippen molar-refractivity contribution in [3.8, 4) is 0 Å². The maximum Gasteiger partial charge on any atom is 0.331 e. The van der Waals surface area contributed by atoms with Crippen LogP contribution in [-0.4, -0.2) is 146 Å². The smallest absolute Gasteiger partial charge is 0.331 e. The molecular formula is C48H80N2O15. The molecule has 4 aliphatic heterocycles. The number of hydrogen-bond acceptors (Lipinski definition) is 17. The average molecular weight is 925 g/mol. The first-order valence-corrected chi connectivity index (χ1v) is 23.4. The number of cyclic esters (lactones) is 1. The molecule has 17 heteroatoms. The molecule has 65 heavy (non-hydrogen) atoms. The summed E-state index contributed by atoms with van der Waals surface area (Å²) >= 11 is 0. The molecule has 0 aromatic rings. The molecule has 4 rings (SSSR count). The van der Waals surface area contributed by atoms with Crippen LogP contribution in [0.1, 0.15) is 129 Å². The topological polar surface area (TPSA) is 196 Å². The van der Waals surface area contributed by atoms with Gasteiger partial charge in [0, 0.05) is 52.1 Å². The van der Waals surface area contributed by atoms with E-state index in [1.54, 1.807) is 20.8 Å². The first-order valence-electron chi connectivity index (χ1n) is 23.4. The number of likely N-dealkylation sites (N-methyl/N-ethyl adjacent to an activating group) is 1. The normalized spacial score (nSPS) is 43.1. The average Bonchev–Trinajstić information content (AvgIpc) is 3.22. The first kappa shape index (κ1) is 54.6. The predicted octanol–water partition coefficient (Wildman–Crippen LogP) is 5.91. The highest BCUT2D eigenvalue weighted by Gasteiger charge is 2.55. The summed E-state index contributed by atoms with van der Waals surface area (Å²) in [6, 6.07) is -0.296. The van der Waals surface area contributed by atoms with Gasteiger partial charge in [-0.05, 0) is 93.7 Å². The van der Waals surface area contributed by atoms with E-state index in [4.69, 9.17) is 47.5 Å². The van der Waals surface area contributed by atoms with Gasteiger partial charge in [-0.2, -0.15) is 0 Å². The van der Waals surface area contributed by atoms with Crippen molar-refractivity contribution in [1.29, 1.82) is 0 Å². The number of fused-ring (bicyclic) bond motifs is 5. The summed E-state index contributed by atoms with van der Waals surface area (Å²) in [4.78, 5) is 59.6. The Bertz CT molecular complexity index is 1710. The van der Waals surface area contributed by atoms with Crippen molar-refractivity contribution >= 4 is 29.6 Å². The second-order valence-electron chi connectivity index (χ2n) is 20.0. The zero-order chi connectivity index (χ0) is 48.9. The SMILES string of the molecule is C=C1CC[C@@H]2[C@@H](C)/C(=N/OC(C)=O)[C@H](C)C[C@@](C)(OC1)[C@H](O[C@@H]1O[C@H](C)C[C@H](N(C)C)[C@H]1OC(C)=O)[C@@H](C)[C@H](O[C@H]1C[C@@](C)(OC)[C@@H](OC(C)=O)[C@H](C)O1)[C@@H](C)C(=O)O[C@H](CC)[C@@]2(C)O. The van der Waals surface area contributed by atoms with E-state index >= 15 is 0 Å². The Labute approximate surface area is 386 Å². The van der Waals surface area contributed by atoms with Gasteiger partial charge < -0.3 is 57.5 Å². The lowest BCUT2D eigenvalue weighted by atomic mass is 9.68. The van der Waals surface area contributed by atoms with E-state index in [0.29, 0.717) is 25.0 Å². The van der Waals surface area contributed by atoms with Gasteiger partial charge in [0.2, 0.25) is 0 Å². The van der Waals surface area contributed by atoms with Gasteiger partial charge in [0.15, 0.2) is 24.8 Å². The molecule has 1 N–H and O–H groups in total. The summed E-state index contributed by atoms with van der Waals surface area (Å²) < 4.78 is 58.6. The van der Waals surface area contributed by atoms with Crippen molar-refractivity contribution in [2.45, 2.75) is 207 Å². The van der Waals surface area contributed by atoms with Gasteiger partial charge >= 0.3 is 23.9 Å². The Balaban J connectivity index is 2.03. The van der Waals surface area contributed by atoms with Gasteiger partial charge in [0.25, 0.3) is 0 Å². The molecule has 18 atom stereocenters. The summed E-state index contributed by atoms with van der Waals surface area (Å²) in [5.41, 5.74) is -2.70. The lowest BCUT2D eigenvalue weighted by Crippen LogP contribution is -2.62. The van der Waals surface area contributed by atoms with Gasteiger partial charge in [-0.25, -0.2) is 4.79 Å². The largest absolute Gasteiger partial charge is 0.459 e. The number of rotatable bonds is 10. The maximum atomic E-state index is 14.8. The standard InChI is InChI=1S/C48H80N2O15/c1-18-37-48(14,55)35-20-19-25(2)24-57-47(13,22-26(3)39(28(35)5)49-65-34(11)53)42(64-45-41(60-32(9)51)36(50(15)16)21-27(4)58-45)29(6)40(30(7)44(54)62-37)63-38-23-46(12,56-17)43(31(8)59-38)61-33(10)52/h26-31,35-38,40-43,45,55H,2,18-24H2,1,3-17H3/b49-39+/t26-,27-,28-,29+,30-,31+,35-,36+,37-,38+,40+,41-,42-,43+,45+,46-,47-,48+/m1/s1. The zero-order valence-electron chi connectivity index (χ0n) is 41.9. The van der Waals surface area contributed by atoms with Crippen LogP contribution in [0.5, 0.6) is 0 Å². The molecule has 0 aromatic carbocycles. The number of oxime groups is 1. The molecule has 0 amide bonds. The van der Waals surface area contributed by atoms with Gasteiger partial charge in [-0.3, -0.25) is 14.4 Å². The molecule has 0 unspecified atom stereocenters. The number of carbonyl (C=O) groups excluding carboxylic acids is 4. The molecule has 0 radical (unpaired) electrons. The molecular weight excluding hydrogens is 845 g/mol. The Hall–Kier alpha value is -3.03. The van der Waals surface area contributed by atoms with Crippen LogP contribution in [-0.2, 0) is 66.6 Å². The van der Waals surface area contributed by atoms with Crippen molar-refractivity contribution in [2.24, 2.45) is 34.7 Å². The van der Waals surface area contributed by atoms with Crippen LogP contribution >= 0.6 is 0 Å². The minimum absolute atomic E-state index is 0.103. The summed E-state index contributed by atoms with van der Waals surface area (Å²) in [6.45, 7) is 26.9. The molecule has 0 aromatic heterocycles. The number of ether oxygens (including phenoxy) is 9. The fourth-order valence-corrected chi connectivity index (χ4v) is 10.9. The highest BCUT2D eigenvalue weighted by molar-refractivity contribution is 5.89. The fraction of sp³-hybridized carbons (Fsp3) is 0.854. The molecule has 0 aliphatic carbocycles. The van der Waals surface area contributed by atoms with Crippen molar-refractivity contribution in [3.05, 3.63) is 12.2 Å². The molecule has 17 nitrogen and oxygen atoms in total. The molecule has 4 aliphatic rings. The van der Waals surface area contributed by atoms with Crippen molar-refractivity contribution < 1.29 is 71.8 Å². The van der Waals surface area contributed by atoms with Crippen molar-refractivity contribution in [2.75, 3.05) is 27.8 Å². The number of methoxy groups -OCH3 is 1. The molecule has 2 bridgehead atoms. The lowest BCUT2D eigenvalue weighted by Gasteiger charge is -2.50. The number of nitrogens with zero attached hydrogens (tertiary/aromatic N) is 2. The van der Waals surface area contributed by atoms with E-state index in [1.807, 2.05) is 67.5 Å². The highest BCUT2D eigenvalue weighted by atomic mass is 16.7. The van der Waals surface area contributed by atoms with E-state index < -0.39 is 119 Å². The van der Waals surface area contributed by atoms with Gasteiger partial charge in [-0.1, -0.05) is 45.0 Å². The van der Waals surface area contributed by atoms with Crippen LogP contribution in [0.15, 0.2) is 17.3 Å². The van der Waals surface area contributed by atoms with E-state index in [9.17, 15) is 24.3 Å². The summed E-state index contributed by atoms with van der Waals surface area (Å²) in [6.07, 6.45) is -5.81. The van der Waals surface area contributed by atoms with E-state index in [0.717, 1.165) is 5.57 Å². The Morgan fingerprint density at radius 1 is 0.892 bits per heavy atom. The summed E-state index contributed by atoms with van der Waals surface area (Å²) in [5.74, 6) is -5.56. The minimum atomic E-state index is -1.60. The zero-order valence-corrected chi connectivity index (χ0v) is 41.9. The van der Waals surface area contributed by atoms with Crippen molar-refractivity contribution in [3.63, 3.8) is 0 Å². The van der Waals surface area contributed by atoms with E-state index in [2.05, 4.69) is 11.7 Å². The predicted molar refractivity (Wildman–Crippen MR) is 239 cm³/mol. The molecule has 4 saturated heterocycles. The third-order valence-electron chi connectivity index (χ3n) is 14.3. The van der Waals surface area contributed by atoms with Crippen LogP contribution in [0.4, 0.5) is 0 Å². The third kappa shape index (κ3) is 12.9. The molecule has 0 saturated carbocycles. The Morgan fingerprint density at radius 3 is 2.11 bits per heavy atom. The Morgan fingerprint density at radius 2 is 1.54 bits per heavy atom. The summed E-state index contributed by atoms with van der Waals surface area (Å²) in [5, 5.41) is 17.2. The van der Waals surface area contributed by atoms with Gasteiger partial charge in [0.1, 0.15) is 17.3 Å². The van der Waals surface area contributed by atoms with Crippen LogP contribution in [0.3, 0.4) is 0 Å². The number of esters is 3. The quantitative estimate of drug-likeness (QED) is 0.0892. The third-order valence-corrected chi connectivity index (χ3v) is 14.3. The van der Waals surface area contributed by atoms with Gasteiger partial charge in [-0.15, -0.1) is 0 Å². The van der Waals surface area contributed by atoms with E-state index in [-0.39, 0.29) is 38.0 Å². The number of aliphatic hydroxyl groups is 1. The fourth-order valence-electron chi connectivity index (χ4n) is 10.9. The summed E-state index contributed by atoms with van der Waals surface area (Å²) in [7, 11) is 5.34. The lowest BCUT2D eigenvalue weighted by molar-refractivity contribution is -0.321. The second-order valence-corrected chi connectivity index (χ2v) is 20.0. The number of carbonyl (C=O) groups is 4. The number of hydrogen-bond donors (Lipinski definition) is 1. The van der Waals surface area contributed by atoms with Crippen LogP contribution in [0.2, 0.25) is 0 Å². The highest BCUT2D eigenvalue weighted by Crippen LogP contribution is 2.45. The molecule has 4 fully saturated rings. The Kier molecular flexibility index (Phi) is 18.8. The second kappa shape index (κ2) is 22.4. The van der Waals surface area contributed by atoms with E-state index in [1.165, 1.54) is 27.9 Å². The molecule has 0 spiro atoms. The van der Waals surface area contributed by atoms with Crippen LogP contribution in [0.25, 0.3) is 0 Å². The molecule has 372 valence electrons. The van der Waals surface area contributed by atoms with Gasteiger partial charge in [0.05, 0.1) is 54.3 Å². The minimum Gasteiger partial charge on any atom is -0.459 e. The first-order chi connectivity index (χ1) is 30.2. The van der Waals surface area contributed by atoms with Crippen molar-refractivity contribution in [1.82, 2.24) is 4.90 Å². The molecule has 4 heterocycles. The van der Waals surface area contributed by atoms with Crippen LogP contribution < -0.4 is 0 Å². The van der Waals surface area contributed by atoms with Crippen LogP contribution in [0, 0.1) is 29.6 Å².